The molecule has 1 saturated heterocycles. The van der Waals surface area contributed by atoms with Gasteiger partial charge in [0.2, 0.25) is 5.95 Å². The summed E-state index contributed by atoms with van der Waals surface area (Å²) >= 11 is 0. The molecule has 1 aliphatic rings. The molecular weight excluding hydrogens is 308 g/mol. The van der Waals surface area contributed by atoms with Crippen molar-refractivity contribution in [3.63, 3.8) is 0 Å². The summed E-state index contributed by atoms with van der Waals surface area (Å²) in [5.74, 6) is 0.823. The van der Waals surface area contributed by atoms with Gasteiger partial charge in [-0.25, -0.2) is 9.78 Å². The van der Waals surface area contributed by atoms with Gasteiger partial charge in [0, 0.05) is 43.4 Å². The van der Waals surface area contributed by atoms with E-state index in [1.807, 2.05) is 6.92 Å². The molecular formula is C17H22N4O3. The molecule has 0 bridgehead atoms. The summed E-state index contributed by atoms with van der Waals surface area (Å²) in [6, 6.07) is 1.81. The fourth-order valence-corrected chi connectivity index (χ4v) is 2.96. The fourth-order valence-electron chi connectivity index (χ4n) is 2.96. The number of nitrogens with zero attached hydrogens (tertiary/aromatic N) is 3. The van der Waals surface area contributed by atoms with Crippen molar-refractivity contribution in [2.75, 3.05) is 18.5 Å². The highest BCUT2D eigenvalue weighted by Gasteiger charge is 2.21. The summed E-state index contributed by atoms with van der Waals surface area (Å²) in [5, 5.41) is 12.4. The molecule has 24 heavy (non-hydrogen) atoms. The number of rotatable bonds is 5. The number of aromatic carboxylic acids is 1. The summed E-state index contributed by atoms with van der Waals surface area (Å²) < 4.78 is 7.12. The van der Waals surface area contributed by atoms with Crippen LogP contribution in [0.15, 0.2) is 24.7 Å². The molecule has 0 aromatic carbocycles. The number of carbonyl (C=O) groups is 1. The van der Waals surface area contributed by atoms with Gasteiger partial charge in [-0.05, 0) is 38.7 Å². The van der Waals surface area contributed by atoms with Crippen LogP contribution in [0.25, 0.3) is 5.82 Å². The van der Waals surface area contributed by atoms with Crippen LogP contribution in [0.2, 0.25) is 0 Å². The topological polar surface area (TPSA) is 89.3 Å². The number of ether oxygens (including phenoxy) is 1. The summed E-state index contributed by atoms with van der Waals surface area (Å²) in [5.41, 5.74) is 1.12. The molecule has 3 rings (SSSR count). The van der Waals surface area contributed by atoms with Crippen molar-refractivity contribution in [1.82, 2.24) is 14.5 Å². The highest BCUT2D eigenvalue weighted by Crippen LogP contribution is 2.21. The lowest BCUT2D eigenvalue weighted by Gasteiger charge is -2.28. The normalized spacial score (nSPS) is 16.8. The van der Waals surface area contributed by atoms with Crippen molar-refractivity contribution in [3.8, 4) is 5.82 Å². The quantitative estimate of drug-likeness (QED) is 0.875. The Morgan fingerprint density at radius 2 is 2.21 bits per heavy atom. The lowest BCUT2D eigenvalue weighted by Crippen LogP contribution is -2.31. The largest absolute Gasteiger partial charge is 0.478 e. The van der Waals surface area contributed by atoms with E-state index >= 15 is 0 Å². The van der Waals surface area contributed by atoms with Crippen molar-refractivity contribution in [2.45, 2.75) is 32.7 Å². The number of carboxylic acids is 1. The Bertz CT molecular complexity index is 722. The van der Waals surface area contributed by atoms with Crippen LogP contribution in [0.3, 0.4) is 0 Å². The van der Waals surface area contributed by atoms with Gasteiger partial charge in [0.1, 0.15) is 5.82 Å². The van der Waals surface area contributed by atoms with Gasteiger partial charge in [-0.2, -0.15) is 4.98 Å². The number of aromatic nitrogens is 3. The van der Waals surface area contributed by atoms with Crippen LogP contribution in [-0.2, 0) is 4.74 Å². The maximum atomic E-state index is 11.0. The summed E-state index contributed by atoms with van der Waals surface area (Å²) in [7, 11) is 0. The summed E-state index contributed by atoms with van der Waals surface area (Å²) in [4.78, 5) is 20.0. The monoisotopic (exact) mass is 330 g/mol. The third-order valence-electron chi connectivity index (χ3n) is 4.46. The Balaban J connectivity index is 1.79. The van der Waals surface area contributed by atoms with E-state index in [2.05, 4.69) is 22.2 Å². The molecule has 0 aliphatic carbocycles. The standard InChI is InChI=1S/C17H22N4O3/c1-11-9-18-17(19-12(2)13-4-7-24-8-5-13)20-15(11)21-6-3-14(10-21)16(22)23/h3,6,9-10,12-13H,4-5,7-8H2,1-2H3,(H,22,23)(H,18,19,20). The lowest BCUT2D eigenvalue weighted by molar-refractivity contribution is 0.0621. The van der Waals surface area contributed by atoms with E-state index in [-0.39, 0.29) is 11.6 Å². The molecule has 0 saturated carbocycles. The molecule has 0 radical (unpaired) electrons. The maximum absolute atomic E-state index is 11.0. The predicted molar refractivity (Wildman–Crippen MR) is 89.7 cm³/mol. The van der Waals surface area contributed by atoms with Gasteiger partial charge >= 0.3 is 5.97 Å². The first-order valence-corrected chi connectivity index (χ1v) is 8.14. The smallest absolute Gasteiger partial charge is 0.337 e. The van der Waals surface area contributed by atoms with Crippen LogP contribution in [0.5, 0.6) is 0 Å². The third kappa shape index (κ3) is 3.56. The molecule has 1 atom stereocenters. The van der Waals surface area contributed by atoms with E-state index in [0.717, 1.165) is 31.6 Å². The minimum atomic E-state index is -0.952. The van der Waals surface area contributed by atoms with Gasteiger partial charge in [0.15, 0.2) is 0 Å². The second-order valence-corrected chi connectivity index (χ2v) is 6.20. The Morgan fingerprint density at radius 3 is 2.88 bits per heavy atom. The van der Waals surface area contributed by atoms with Crippen LogP contribution in [0.1, 0.15) is 35.7 Å². The van der Waals surface area contributed by atoms with Crippen molar-refractivity contribution in [3.05, 3.63) is 35.8 Å². The zero-order valence-electron chi connectivity index (χ0n) is 13.9. The maximum Gasteiger partial charge on any atom is 0.337 e. The molecule has 1 fully saturated rings. The van der Waals surface area contributed by atoms with Crippen molar-refractivity contribution in [2.24, 2.45) is 5.92 Å². The molecule has 0 amide bonds. The van der Waals surface area contributed by atoms with Crippen molar-refractivity contribution in [1.29, 1.82) is 0 Å². The van der Waals surface area contributed by atoms with Crippen molar-refractivity contribution < 1.29 is 14.6 Å². The minimum absolute atomic E-state index is 0.234. The SMILES string of the molecule is Cc1cnc(NC(C)C2CCOCC2)nc1-n1ccc(C(=O)O)c1. The van der Waals surface area contributed by atoms with Gasteiger partial charge in [-0.1, -0.05) is 0 Å². The number of aryl methyl sites for hydroxylation is 1. The van der Waals surface area contributed by atoms with Crippen LogP contribution < -0.4 is 5.32 Å². The molecule has 128 valence electrons. The number of carboxylic acid groups (broad SMARTS) is 1. The van der Waals surface area contributed by atoms with Crippen molar-refractivity contribution >= 4 is 11.9 Å². The fraction of sp³-hybridized carbons (Fsp3) is 0.471. The van der Waals surface area contributed by atoms with Gasteiger partial charge in [0.25, 0.3) is 0 Å². The molecule has 2 aromatic rings. The zero-order valence-corrected chi connectivity index (χ0v) is 13.9. The van der Waals surface area contributed by atoms with Gasteiger partial charge < -0.3 is 19.7 Å². The van der Waals surface area contributed by atoms with Gasteiger partial charge in [-0.15, -0.1) is 0 Å². The van der Waals surface area contributed by atoms with E-state index in [1.165, 1.54) is 0 Å². The Morgan fingerprint density at radius 1 is 1.46 bits per heavy atom. The first-order chi connectivity index (χ1) is 11.5. The molecule has 7 heteroatoms. The lowest BCUT2D eigenvalue weighted by atomic mass is 9.93. The van der Waals surface area contributed by atoms with Crippen LogP contribution in [0, 0.1) is 12.8 Å². The average Bonchev–Trinajstić information content (AvgIpc) is 3.07. The Hall–Kier alpha value is -2.41. The molecule has 2 N–H and O–H groups in total. The summed E-state index contributed by atoms with van der Waals surface area (Å²) in [6.45, 7) is 5.65. The number of anilines is 1. The minimum Gasteiger partial charge on any atom is -0.478 e. The second kappa shape index (κ2) is 7.00. The molecule has 2 aromatic heterocycles. The van der Waals surface area contributed by atoms with E-state index in [0.29, 0.717) is 17.7 Å². The Kier molecular flexibility index (Phi) is 4.80. The van der Waals surface area contributed by atoms with E-state index in [1.54, 1.807) is 29.2 Å². The first kappa shape index (κ1) is 16.4. The summed E-state index contributed by atoms with van der Waals surface area (Å²) in [6.07, 6.45) is 7.08. The van der Waals surface area contributed by atoms with Gasteiger partial charge in [-0.3, -0.25) is 0 Å². The zero-order chi connectivity index (χ0) is 17.1. The van der Waals surface area contributed by atoms with Crippen LogP contribution in [0.4, 0.5) is 5.95 Å². The predicted octanol–water partition coefficient (Wildman–Crippen LogP) is 2.50. The molecule has 1 aliphatic heterocycles. The van der Waals surface area contributed by atoms with E-state index in [9.17, 15) is 4.79 Å². The highest BCUT2D eigenvalue weighted by molar-refractivity contribution is 5.87. The second-order valence-electron chi connectivity index (χ2n) is 6.20. The number of hydrogen-bond acceptors (Lipinski definition) is 5. The molecule has 3 heterocycles. The van der Waals surface area contributed by atoms with Gasteiger partial charge in [0.05, 0.1) is 5.56 Å². The highest BCUT2D eigenvalue weighted by atomic mass is 16.5. The number of nitrogens with one attached hydrogen (secondary N) is 1. The third-order valence-corrected chi connectivity index (χ3v) is 4.46. The van der Waals surface area contributed by atoms with Crippen LogP contribution >= 0.6 is 0 Å². The molecule has 0 spiro atoms. The first-order valence-electron chi connectivity index (χ1n) is 8.14. The Labute approximate surface area is 140 Å². The van der Waals surface area contributed by atoms with Crippen LogP contribution in [-0.4, -0.2) is 44.9 Å². The average molecular weight is 330 g/mol. The number of hydrogen-bond donors (Lipinski definition) is 2. The molecule has 7 nitrogen and oxygen atoms in total. The van der Waals surface area contributed by atoms with E-state index < -0.39 is 5.97 Å². The van der Waals surface area contributed by atoms with E-state index in [4.69, 9.17) is 9.84 Å². The molecule has 1 unspecified atom stereocenters.